The van der Waals surface area contributed by atoms with Gasteiger partial charge in [0, 0.05) is 13.1 Å². The van der Waals surface area contributed by atoms with Crippen LogP contribution >= 0.6 is 12.4 Å². The molecule has 0 radical (unpaired) electrons. The molecule has 0 saturated carbocycles. The lowest BCUT2D eigenvalue weighted by atomic mass is 10.2. The first-order valence-electron chi connectivity index (χ1n) is 5.23. The molecule has 0 heterocycles. The summed E-state index contributed by atoms with van der Waals surface area (Å²) in [5.41, 5.74) is 6.71. The number of nitrogens with two attached hydrogens (primary N) is 1. The fourth-order valence-electron chi connectivity index (χ4n) is 1.44. The van der Waals surface area contributed by atoms with Crippen molar-refractivity contribution in [3.8, 4) is 0 Å². The number of likely N-dealkylation sites (N-methyl/N-ethyl adjacent to an activating group) is 1. The van der Waals surface area contributed by atoms with Gasteiger partial charge < -0.3 is 10.6 Å². The molecule has 4 heteroatoms. The number of hydrogen-bond acceptors (Lipinski definition) is 2. The van der Waals surface area contributed by atoms with Gasteiger partial charge in [0.05, 0.1) is 6.04 Å². The highest BCUT2D eigenvalue weighted by molar-refractivity contribution is 5.85. The van der Waals surface area contributed by atoms with E-state index in [1.807, 2.05) is 37.3 Å². The Balaban J connectivity index is 0.00000225. The minimum absolute atomic E-state index is 0. The maximum absolute atomic E-state index is 11.7. The van der Waals surface area contributed by atoms with Crippen molar-refractivity contribution in [2.24, 2.45) is 5.73 Å². The minimum atomic E-state index is -0.423. The van der Waals surface area contributed by atoms with Gasteiger partial charge in [-0.05, 0) is 19.4 Å². The van der Waals surface area contributed by atoms with Gasteiger partial charge in [0.25, 0.3) is 0 Å². The summed E-state index contributed by atoms with van der Waals surface area (Å²) in [5.74, 6) is 0.00125. The molecule has 0 fully saturated rings. The zero-order valence-corrected chi connectivity index (χ0v) is 10.5. The van der Waals surface area contributed by atoms with Gasteiger partial charge in [0.2, 0.25) is 5.91 Å². The molecule has 3 nitrogen and oxygen atoms in total. The summed E-state index contributed by atoms with van der Waals surface area (Å²) in [6.45, 7) is 5.01. The van der Waals surface area contributed by atoms with Crippen LogP contribution in [-0.4, -0.2) is 23.4 Å². The first-order valence-corrected chi connectivity index (χ1v) is 5.23. The predicted octanol–water partition coefficient (Wildman–Crippen LogP) is 1.80. The van der Waals surface area contributed by atoms with Crippen LogP contribution in [0.4, 0.5) is 0 Å². The Morgan fingerprint density at radius 3 is 2.38 bits per heavy atom. The number of rotatable bonds is 4. The molecular formula is C12H19ClN2O. The van der Waals surface area contributed by atoms with Crippen molar-refractivity contribution in [3.05, 3.63) is 35.9 Å². The SMILES string of the molecule is CCN(Cc1ccccc1)C(=O)[C@@H](C)N.Cl. The highest BCUT2D eigenvalue weighted by Crippen LogP contribution is 2.05. The van der Waals surface area contributed by atoms with Crippen LogP contribution in [-0.2, 0) is 11.3 Å². The molecule has 1 aromatic carbocycles. The van der Waals surface area contributed by atoms with Gasteiger partial charge in [0.15, 0.2) is 0 Å². The van der Waals surface area contributed by atoms with E-state index >= 15 is 0 Å². The lowest BCUT2D eigenvalue weighted by Crippen LogP contribution is -2.41. The van der Waals surface area contributed by atoms with E-state index < -0.39 is 6.04 Å². The average molecular weight is 243 g/mol. The zero-order chi connectivity index (χ0) is 11.3. The van der Waals surface area contributed by atoms with E-state index in [0.29, 0.717) is 13.1 Å². The van der Waals surface area contributed by atoms with Crippen molar-refractivity contribution in [2.75, 3.05) is 6.54 Å². The molecule has 16 heavy (non-hydrogen) atoms. The molecule has 1 amide bonds. The molecule has 1 atom stereocenters. The van der Waals surface area contributed by atoms with Crippen molar-refractivity contribution in [1.82, 2.24) is 4.90 Å². The third-order valence-corrected chi connectivity index (χ3v) is 2.30. The van der Waals surface area contributed by atoms with Gasteiger partial charge in [0.1, 0.15) is 0 Å². The summed E-state index contributed by atoms with van der Waals surface area (Å²) in [5, 5.41) is 0. The van der Waals surface area contributed by atoms with Crippen molar-refractivity contribution < 1.29 is 4.79 Å². The fraction of sp³-hybridized carbons (Fsp3) is 0.417. The molecule has 1 rings (SSSR count). The highest BCUT2D eigenvalue weighted by atomic mass is 35.5. The van der Waals surface area contributed by atoms with Gasteiger partial charge in [-0.15, -0.1) is 12.4 Å². The van der Waals surface area contributed by atoms with E-state index in [9.17, 15) is 4.79 Å². The van der Waals surface area contributed by atoms with Crippen LogP contribution < -0.4 is 5.73 Å². The van der Waals surface area contributed by atoms with E-state index in [2.05, 4.69) is 0 Å². The van der Waals surface area contributed by atoms with E-state index in [0.717, 1.165) is 5.56 Å². The molecule has 0 aliphatic carbocycles. The Morgan fingerprint density at radius 2 is 1.94 bits per heavy atom. The lowest BCUT2D eigenvalue weighted by Gasteiger charge is -2.22. The second kappa shape index (κ2) is 7.25. The second-order valence-corrected chi connectivity index (χ2v) is 3.63. The quantitative estimate of drug-likeness (QED) is 0.875. The van der Waals surface area contributed by atoms with Crippen LogP contribution in [0.3, 0.4) is 0 Å². The van der Waals surface area contributed by atoms with Crippen molar-refractivity contribution in [2.45, 2.75) is 26.4 Å². The number of carbonyl (C=O) groups is 1. The smallest absolute Gasteiger partial charge is 0.239 e. The maximum atomic E-state index is 11.7. The van der Waals surface area contributed by atoms with Crippen LogP contribution in [0.2, 0.25) is 0 Å². The molecule has 0 aromatic heterocycles. The molecule has 0 spiro atoms. The molecule has 90 valence electrons. The van der Waals surface area contributed by atoms with Gasteiger partial charge in [-0.2, -0.15) is 0 Å². The maximum Gasteiger partial charge on any atom is 0.239 e. The Bertz CT molecular complexity index is 314. The second-order valence-electron chi connectivity index (χ2n) is 3.63. The summed E-state index contributed by atoms with van der Waals surface area (Å²) in [6.07, 6.45) is 0. The van der Waals surface area contributed by atoms with Crippen LogP contribution in [0, 0.1) is 0 Å². The Kier molecular flexibility index (Phi) is 6.77. The largest absolute Gasteiger partial charge is 0.337 e. The monoisotopic (exact) mass is 242 g/mol. The average Bonchev–Trinajstić information content (AvgIpc) is 2.26. The standard InChI is InChI=1S/C12H18N2O.ClH/c1-3-14(12(15)10(2)13)9-11-7-5-4-6-8-11;/h4-8,10H,3,9,13H2,1-2H3;1H/t10-;/m1./s1. The van der Waals surface area contributed by atoms with Crippen molar-refractivity contribution >= 4 is 18.3 Å². The lowest BCUT2D eigenvalue weighted by molar-refractivity contribution is -0.132. The molecule has 0 unspecified atom stereocenters. The minimum Gasteiger partial charge on any atom is -0.337 e. The third-order valence-electron chi connectivity index (χ3n) is 2.30. The number of hydrogen-bond donors (Lipinski definition) is 1. The van der Waals surface area contributed by atoms with E-state index in [1.54, 1.807) is 11.8 Å². The summed E-state index contributed by atoms with van der Waals surface area (Å²) < 4.78 is 0. The summed E-state index contributed by atoms with van der Waals surface area (Å²) in [6, 6.07) is 9.51. The third kappa shape index (κ3) is 4.21. The van der Waals surface area contributed by atoms with Crippen LogP contribution in [0.25, 0.3) is 0 Å². The van der Waals surface area contributed by atoms with E-state index in [4.69, 9.17) is 5.73 Å². The van der Waals surface area contributed by atoms with Crippen LogP contribution in [0.1, 0.15) is 19.4 Å². The van der Waals surface area contributed by atoms with Gasteiger partial charge in [-0.25, -0.2) is 0 Å². The van der Waals surface area contributed by atoms with Gasteiger partial charge in [-0.1, -0.05) is 30.3 Å². The van der Waals surface area contributed by atoms with Crippen LogP contribution in [0.15, 0.2) is 30.3 Å². The fourth-order valence-corrected chi connectivity index (χ4v) is 1.44. The number of carbonyl (C=O) groups excluding carboxylic acids is 1. The number of benzene rings is 1. The first kappa shape index (κ1) is 14.9. The molecular weight excluding hydrogens is 224 g/mol. The molecule has 0 aliphatic heterocycles. The Hall–Kier alpha value is -1.06. The summed E-state index contributed by atoms with van der Waals surface area (Å²) in [7, 11) is 0. The molecule has 2 N–H and O–H groups in total. The molecule has 0 saturated heterocycles. The normalized spacial score (nSPS) is 11.4. The Labute approximate surface area is 103 Å². The van der Waals surface area contributed by atoms with Crippen molar-refractivity contribution in [1.29, 1.82) is 0 Å². The topological polar surface area (TPSA) is 46.3 Å². The van der Waals surface area contributed by atoms with Crippen LogP contribution in [0.5, 0.6) is 0 Å². The number of nitrogens with zero attached hydrogens (tertiary/aromatic N) is 1. The van der Waals surface area contributed by atoms with Gasteiger partial charge in [-0.3, -0.25) is 4.79 Å². The van der Waals surface area contributed by atoms with E-state index in [1.165, 1.54) is 0 Å². The first-order chi connectivity index (χ1) is 7.15. The summed E-state index contributed by atoms with van der Waals surface area (Å²) >= 11 is 0. The number of amides is 1. The predicted molar refractivity (Wildman–Crippen MR) is 68.4 cm³/mol. The van der Waals surface area contributed by atoms with E-state index in [-0.39, 0.29) is 18.3 Å². The zero-order valence-electron chi connectivity index (χ0n) is 9.72. The summed E-state index contributed by atoms with van der Waals surface area (Å²) in [4.78, 5) is 13.4. The molecule has 1 aromatic rings. The Morgan fingerprint density at radius 1 is 1.38 bits per heavy atom. The highest BCUT2D eigenvalue weighted by Gasteiger charge is 2.15. The van der Waals surface area contributed by atoms with Gasteiger partial charge >= 0.3 is 0 Å². The molecule has 0 bridgehead atoms. The van der Waals surface area contributed by atoms with Crippen molar-refractivity contribution in [3.63, 3.8) is 0 Å². The number of halogens is 1. The molecule has 0 aliphatic rings.